The van der Waals surface area contributed by atoms with Crippen molar-refractivity contribution in [2.45, 2.75) is 24.7 Å². The lowest BCUT2D eigenvalue weighted by Crippen LogP contribution is -2.36. The molecule has 0 saturated heterocycles. The first kappa shape index (κ1) is 26.0. The Hall–Kier alpha value is -3.60. The number of thioether (sulfide) groups is 1. The van der Waals surface area contributed by atoms with Crippen LogP contribution in [0.15, 0.2) is 63.6 Å². The van der Waals surface area contributed by atoms with Crippen molar-refractivity contribution in [3.63, 3.8) is 0 Å². The van der Waals surface area contributed by atoms with Gasteiger partial charge < -0.3 is 9.47 Å². The zero-order chi connectivity index (χ0) is 25.7. The van der Waals surface area contributed by atoms with Gasteiger partial charge in [-0.05, 0) is 31.5 Å². The molecule has 0 spiro atoms. The number of nitro groups is 1. The molecular weight excluding hydrogens is 482 g/mol. The smallest absolute Gasteiger partial charge is 0.336 e. The molecule has 3 rings (SSSR count). The molecule has 0 amide bonds. The van der Waals surface area contributed by atoms with Gasteiger partial charge in [0, 0.05) is 40.5 Å². The number of nitrogens with zero attached hydrogens (tertiary/aromatic N) is 2. The minimum atomic E-state index is -1.04. The van der Waals surface area contributed by atoms with Crippen LogP contribution in [0.1, 0.15) is 25.3 Å². The van der Waals surface area contributed by atoms with Crippen LogP contribution in [0.2, 0.25) is 0 Å². The van der Waals surface area contributed by atoms with Gasteiger partial charge in [-0.15, -0.1) is 11.8 Å². The molecule has 2 aromatic carbocycles. The van der Waals surface area contributed by atoms with Crippen LogP contribution in [0.3, 0.4) is 0 Å². The number of hydrogen-bond donors (Lipinski definition) is 0. The molecule has 0 saturated carbocycles. The van der Waals surface area contributed by atoms with Gasteiger partial charge in [0.05, 0.1) is 29.9 Å². The van der Waals surface area contributed by atoms with Crippen molar-refractivity contribution in [3.8, 4) is 0 Å². The first-order chi connectivity index (χ1) is 16.7. The van der Waals surface area contributed by atoms with Crippen LogP contribution < -0.4 is 0 Å². The molecule has 8 nitrogen and oxygen atoms in total. The summed E-state index contributed by atoms with van der Waals surface area (Å²) < 4.78 is 37.7. The average Bonchev–Trinajstić information content (AvgIpc) is 2.82. The monoisotopic (exact) mass is 504 g/mol. The Labute approximate surface area is 204 Å². The quantitative estimate of drug-likeness (QED) is 0.219. The van der Waals surface area contributed by atoms with Crippen LogP contribution in [0.4, 0.5) is 14.5 Å². The molecule has 2 aromatic rings. The van der Waals surface area contributed by atoms with E-state index < -0.39 is 40.3 Å². The predicted octanol–water partition coefficient (Wildman–Crippen LogP) is 4.83. The van der Waals surface area contributed by atoms with Gasteiger partial charge in [-0.3, -0.25) is 19.9 Å². The van der Waals surface area contributed by atoms with Crippen molar-refractivity contribution in [2.75, 3.05) is 19.5 Å². The first-order valence-corrected chi connectivity index (χ1v) is 11.5. The first-order valence-electron chi connectivity index (χ1n) is 10.5. The third-order valence-corrected chi connectivity index (χ3v) is 6.43. The number of esters is 2. The molecular formula is C24H22F2N2O6S. The molecule has 1 aliphatic heterocycles. The van der Waals surface area contributed by atoms with E-state index in [1.165, 1.54) is 31.4 Å². The van der Waals surface area contributed by atoms with Crippen molar-refractivity contribution < 1.29 is 32.8 Å². The maximum absolute atomic E-state index is 14.2. The summed E-state index contributed by atoms with van der Waals surface area (Å²) in [5.41, 5.74) is 0.646. The molecule has 2 atom stereocenters. The van der Waals surface area contributed by atoms with Gasteiger partial charge in [-0.1, -0.05) is 12.1 Å². The lowest BCUT2D eigenvalue weighted by molar-refractivity contribution is -0.384. The van der Waals surface area contributed by atoms with Crippen LogP contribution in [-0.2, 0) is 19.1 Å². The molecule has 0 bridgehead atoms. The third kappa shape index (κ3) is 5.73. The fourth-order valence-electron chi connectivity index (χ4n) is 3.86. The maximum atomic E-state index is 14.2. The second kappa shape index (κ2) is 11.2. The van der Waals surface area contributed by atoms with Gasteiger partial charge in [-0.2, -0.15) is 0 Å². The number of carbonyl (C=O) groups is 2. The van der Waals surface area contributed by atoms with Crippen LogP contribution in [0, 0.1) is 27.7 Å². The number of nitro benzene ring substituents is 1. The number of ether oxygens (including phenoxy) is 2. The summed E-state index contributed by atoms with van der Waals surface area (Å²) in [6, 6.07) is 8.72. The van der Waals surface area contributed by atoms with E-state index in [1.807, 2.05) is 0 Å². The lowest BCUT2D eigenvalue weighted by atomic mass is 9.75. The molecule has 1 heterocycles. The topological polar surface area (TPSA) is 108 Å². The highest BCUT2D eigenvalue weighted by Gasteiger charge is 2.43. The van der Waals surface area contributed by atoms with Gasteiger partial charge in [-0.25, -0.2) is 13.6 Å². The molecule has 0 fully saturated rings. The number of non-ortho nitro benzene ring substituents is 1. The summed E-state index contributed by atoms with van der Waals surface area (Å²) >= 11 is 0.985. The number of halogens is 2. The van der Waals surface area contributed by atoms with E-state index >= 15 is 0 Å². The summed E-state index contributed by atoms with van der Waals surface area (Å²) in [6.45, 7) is 3.22. The minimum Gasteiger partial charge on any atom is -0.468 e. The summed E-state index contributed by atoms with van der Waals surface area (Å²) in [7, 11) is 1.19. The van der Waals surface area contributed by atoms with E-state index in [0.29, 0.717) is 11.3 Å². The molecule has 0 aliphatic carbocycles. The fraction of sp³-hybridized carbons (Fsp3) is 0.292. The van der Waals surface area contributed by atoms with Gasteiger partial charge in [0.15, 0.2) is 0 Å². The molecule has 35 heavy (non-hydrogen) atoms. The predicted molar refractivity (Wildman–Crippen MR) is 125 cm³/mol. The molecule has 11 heteroatoms. The van der Waals surface area contributed by atoms with Crippen LogP contribution in [-0.4, -0.2) is 42.0 Å². The van der Waals surface area contributed by atoms with E-state index in [2.05, 4.69) is 4.99 Å². The van der Waals surface area contributed by atoms with E-state index in [-0.39, 0.29) is 34.2 Å². The Balaban J connectivity index is 2.17. The van der Waals surface area contributed by atoms with Crippen molar-refractivity contribution in [3.05, 3.63) is 81.0 Å². The fourth-order valence-corrected chi connectivity index (χ4v) is 4.73. The maximum Gasteiger partial charge on any atom is 0.336 e. The zero-order valence-electron chi connectivity index (χ0n) is 19.1. The van der Waals surface area contributed by atoms with Crippen molar-refractivity contribution in [1.29, 1.82) is 0 Å². The largest absolute Gasteiger partial charge is 0.468 e. The average molecular weight is 505 g/mol. The molecule has 0 radical (unpaired) electrons. The standard InChI is InChI=1S/C24H22F2N2O6S/c1-4-34-24(30)22-18(12-35-19-9-8-15(25)11-17(19)26)27-13(2)20(23(29)33-3)21(22)14-6-5-7-16(10-14)28(31)32/h5-11,20-21H,4,12H2,1-3H3. The van der Waals surface area contributed by atoms with Crippen molar-refractivity contribution >= 4 is 35.1 Å². The number of benzene rings is 2. The number of rotatable bonds is 8. The molecule has 2 unspecified atom stereocenters. The molecule has 1 aliphatic rings. The Bertz CT molecular complexity index is 1230. The Morgan fingerprint density at radius 2 is 1.94 bits per heavy atom. The number of carbonyl (C=O) groups excluding carboxylic acids is 2. The van der Waals surface area contributed by atoms with Gasteiger partial charge >= 0.3 is 11.9 Å². The lowest BCUT2D eigenvalue weighted by Gasteiger charge is -2.31. The number of hydrogen-bond acceptors (Lipinski definition) is 8. The second-order valence-corrected chi connectivity index (χ2v) is 8.55. The summed E-state index contributed by atoms with van der Waals surface area (Å²) in [4.78, 5) is 41.3. The second-order valence-electron chi connectivity index (χ2n) is 7.53. The van der Waals surface area contributed by atoms with E-state index in [0.717, 1.165) is 23.9 Å². The highest BCUT2D eigenvalue weighted by Crippen LogP contribution is 2.42. The minimum absolute atomic E-state index is 0.00659. The third-order valence-electron chi connectivity index (χ3n) is 5.37. The van der Waals surface area contributed by atoms with Crippen LogP contribution >= 0.6 is 11.8 Å². The summed E-state index contributed by atoms with van der Waals surface area (Å²) in [5.74, 6) is -4.98. The normalized spacial score (nSPS) is 17.6. The van der Waals surface area contributed by atoms with Crippen molar-refractivity contribution in [1.82, 2.24) is 0 Å². The molecule has 0 aromatic heterocycles. The van der Waals surface area contributed by atoms with Crippen molar-refractivity contribution in [2.24, 2.45) is 10.9 Å². The summed E-state index contributed by atoms with van der Waals surface area (Å²) in [6.07, 6.45) is 0. The number of aliphatic imine (C=N–C) groups is 1. The zero-order valence-corrected chi connectivity index (χ0v) is 19.9. The highest BCUT2D eigenvalue weighted by molar-refractivity contribution is 7.99. The highest BCUT2D eigenvalue weighted by atomic mass is 32.2. The summed E-state index contributed by atoms with van der Waals surface area (Å²) in [5, 5.41) is 11.4. The van der Waals surface area contributed by atoms with E-state index in [4.69, 9.17) is 9.47 Å². The molecule has 0 N–H and O–H groups in total. The van der Waals surface area contributed by atoms with Gasteiger partial charge in [0.1, 0.15) is 17.6 Å². The van der Waals surface area contributed by atoms with Crippen LogP contribution in [0.5, 0.6) is 0 Å². The SMILES string of the molecule is CCOC(=O)C1=C(CSc2ccc(F)cc2F)N=C(C)C(C(=O)OC)C1c1cccc([N+](=O)[O-])c1. The molecule has 184 valence electrons. The number of methoxy groups -OCH3 is 1. The Morgan fingerprint density at radius 3 is 2.57 bits per heavy atom. The Kier molecular flexibility index (Phi) is 8.34. The van der Waals surface area contributed by atoms with Gasteiger partial charge in [0.25, 0.3) is 5.69 Å². The Morgan fingerprint density at radius 1 is 1.20 bits per heavy atom. The van der Waals surface area contributed by atoms with Crippen LogP contribution in [0.25, 0.3) is 0 Å². The van der Waals surface area contributed by atoms with E-state index in [1.54, 1.807) is 19.9 Å². The van der Waals surface area contributed by atoms with Gasteiger partial charge in [0.2, 0.25) is 0 Å². The van der Waals surface area contributed by atoms with E-state index in [9.17, 15) is 28.5 Å².